The molecule has 0 bridgehead atoms. The van der Waals surface area contributed by atoms with E-state index in [0.717, 1.165) is 21.0 Å². The van der Waals surface area contributed by atoms with Crippen molar-refractivity contribution >= 4 is 38.1 Å². The van der Waals surface area contributed by atoms with Gasteiger partial charge in [0.25, 0.3) is 0 Å². The molecule has 1 heterocycles. The van der Waals surface area contributed by atoms with Crippen LogP contribution < -0.4 is 5.32 Å². The Kier molecular flexibility index (Phi) is 2.84. The lowest BCUT2D eigenvalue weighted by Gasteiger charge is -2.01. The number of hydrogen-bond donors (Lipinski definition) is 1. The monoisotopic (exact) mass is 268 g/mol. The smallest absolute Gasteiger partial charge is 0.187 e. The van der Waals surface area contributed by atoms with Crippen molar-refractivity contribution in [2.24, 2.45) is 0 Å². The summed E-state index contributed by atoms with van der Waals surface area (Å²) < 4.78 is 1.07. The summed E-state index contributed by atoms with van der Waals surface area (Å²) in [5, 5.41) is 6.20. The molecule has 0 atom stereocenters. The molecule has 14 heavy (non-hydrogen) atoms. The molecule has 0 aliphatic carbocycles. The fourth-order valence-electron chi connectivity index (χ4n) is 1.10. The Morgan fingerprint density at radius 2 is 2.29 bits per heavy atom. The van der Waals surface area contributed by atoms with Crippen LogP contribution in [-0.4, -0.2) is 4.98 Å². The van der Waals surface area contributed by atoms with E-state index >= 15 is 0 Å². The van der Waals surface area contributed by atoms with Gasteiger partial charge in [0.2, 0.25) is 0 Å². The zero-order valence-corrected chi connectivity index (χ0v) is 10.0. The standard InChI is InChI=1S/C10H9BrN2S/c1-7-6-14-10(12-7)13-9-4-2-3-8(11)5-9/h2-6H,1H3,(H,12,13). The van der Waals surface area contributed by atoms with Crippen LogP contribution in [-0.2, 0) is 0 Å². The van der Waals surface area contributed by atoms with Gasteiger partial charge in [0.05, 0.1) is 5.69 Å². The van der Waals surface area contributed by atoms with Crippen molar-refractivity contribution in [2.75, 3.05) is 5.32 Å². The van der Waals surface area contributed by atoms with Gasteiger partial charge in [0.15, 0.2) is 5.13 Å². The molecule has 0 unspecified atom stereocenters. The van der Waals surface area contributed by atoms with Crippen LogP contribution in [0.25, 0.3) is 0 Å². The molecule has 2 aromatic rings. The second-order valence-corrected chi connectivity index (χ2v) is 4.70. The summed E-state index contributed by atoms with van der Waals surface area (Å²) in [7, 11) is 0. The van der Waals surface area contributed by atoms with Gasteiger partial charge in [0, 0.05) is 15.5 Å². The van der Waals surface area contributed by atoms with Gasteiger partial charge < -0.3 is 5.32 Å². The van der Waals surface area contributed by atoms with Crippen molar-refractivity contribution in [1.82, 2.24) is 4.98 Å². The van der Waals surface area contributed by atoms with Crippen molar-refractivity contribution in [3.63, 3.8) is 0 Å². The first kappa shape index (κ1) is 9.68. The van der Waals surface area contributed by atoms with Crippen LogP contribution in [0.5, 0.6) is 0 Å². The number of halogens is 1. The minimum Gasteiger partial charge on any atom is -0.332 e. The number of hydrogen-bond acceptors (Lipinski definition) is 3. The average Bonchev–Trinajstić information content (AvgIpc) is 2.51. The van der Waals surface area contributed by atoms with Crippen molar-refractivity contribution in [3.8, 4) is 0 Å². The molecule has 1 N–H and O–H groups in total. The van der Waals surface area contributed by atoms with Gasteiger partial charge in [-0.1, -0.05) is 22.0 Å². The summed E-state index contributed by atoms with van der Waals surface area (Å²) in [5.41, 5.74) is 2.10. The van der Waals surface area contributed by atoms with Gasteiger partial charge in [0.1, 0.15) is 0 Å². The van der Waals surface area contributed by atoms with Crippen LogP contribution >= 0.6 is 27.3 Å². The first-order chi connectivity index (χ1) is 6.74. The third kappa shape index (κ3) is 2.33. The second-order valence-electron chi connectivity index (χ2n) is 2.93. The highest BCUT2D eigenvalue weighted by atomic mass is 79.9. The Bertz CT molecular complexity index is 439. The number of aryl methyl sites for hydroxylation is 1. The molecule has 0 saturated carbocycles. The Hall–Kier alpha value is -0.870. The maximum absolute atomic E-state index is 4.33. The number of anilines is 2. The molecule has 1 aromatic heterocycles. The predicted octanol–water partition coefficient (Wildman–Crippen LogP) is 3.96. The highest BCUT2D eigenvalue weighted by molar-refractivity contribution is 9.10. The molecule has 0 amide bonds. The van der Waals surface area contributed by atoms with E-state index in [4.69, 9.17) is 0 Å². The van der Waals surface area contributed by atoms with Gasteiger partial charge >= 0.3 is 0 Å². The Morgan fingerprint density at radius 1 is 1.43 bits per heavy atom. The molecule has 72 valence electrons. The minimum atomic E-state index is 0.931. The minimum absolute atomic E-state index is 0.931. The van der Waals surface area contributed by atoms with Crippen LogP contribution in [0.1, 0.15) is 5.69 Å². The molecule has 0 aliphatic heterocycles. The molecule has 2 nitrogen and oxygen atoms in total. The maximum atomic E-state index is 4.33. The van der Waals surface area contributed by atoms with Crippen LogP contribution in [0.15, 0.2) is 34.1 Å². The van der Waals surface area contributed by atoms with E-state index in [-0.39, 0.29) is 0 Å². The maximum Gasteiger partial charge on any atom is 0.187 e. The molecule has 1 aromatic carbocycles. The molecular weight excluding hydrogens is 260 g/mol. The third-order valence-electron chi connectivity index (χ3n) is 1.69. The highest BCUT2D eigenvalue weighted by Crippen LogP contribution is 2.22. The first-order valence-electron chi connectivity index (χ1n) is 4.19. The van der Waals surface area contributed by atoms with Gasteiger partial charge in [-0.05, 0) is 25.1 Å². The highest BCUT2D eigenvalue weighted by Gasteiger charge is 1.98. The molecule has 0 radical (unpaired) electrons. The number of benzene rings is 1. The summed E-state index contributed by atoms with van der Waals surface area (Å²) >= 11 is 5.04. The van der Waals surface area contributed by atoms with Crippen LogP contribution in [0.3, 0.4) is 0 Å². The molecule has 0 saturated heterocycles. The normalized spacial score (nSPS) is 10.1. The van der Waals surface area contributed by atoms with Gasteiger partial charge in [-0.3, -0.25) is 0 Å². The van der Waals surface area contributed by atoms with E-state index in [1.807, 2.05) is 36.6 Å². The lowest BCUT2D eigenvalue weighted by Crippen LogP contribution is -1.88. The van der Waals surface area contributed by atoms with E-state index in [1.165, 1.54) is 0 Å². The Labute approximate surface area is 95.1 Å². The van der Waals surface area contributed by atoms with Crippen molar-refractivity contribution in [1.29, 1.82) is 0 Å². The zero-order chi connectivity index (χ0) is 9.97. The van der Waals surface area contributed by atoms with Crippen LogP contribution in [0.4, 0.5) is 10.8 Å². The summed E-state index contributed by atoms with van der Waals surface area (Å²) in [5.74, 6) is 0. The first-order valence-corrected chi connectivity index (χ1v) is 5.86. The summed E-state index contributed by atoms with van der Waals surface area (Å²) in [6, 6.07) is 8.03. The summed E-state index contributed by atoms with van der Waals surface area (Å²) in [6.07, 6.45) is 0. The van der Waals surface area contributed by atoms with E-state index in [1.54, 1.807) is 11.3 Å². The Morgan fingerprint density at radius 3 is 2.93 bits per heavy atom. The molecule has 4 heteroatoms. The Balaban J connectivity index is 2.18. The fraction of sp³-hybridized carbons (Fsp3) is 0.100. The molecule has 0 aliphatic rings. The number of rotatable bonds is 2. The second kappa shape index (κ2) is 4.11. The van der Waals surface area contributed by atoms with Gasteiger partial charge in [-0.2, -0.15) is 0 Å². The lowest BCUT2D eigenvalue weighted by atomic mass is 10.3. The van der Waals surface area contributed by atoms with Crippen molar-refractivity contribution in [3.05, 3.63) is 39.8 Å². The predicted molar refractivity (Wildman–Crippen MR) is 64.3 cm³/mol. The molecular formula is C10H9BrN2S. The van der Waals surface area contributed by atoms with E-state index in [2.05, 4.69) is 26.2 Å². The van der Waals surface area contributed by atoms with Crippen molar-refractivity contribution < 1.29 is 0 Å². The molecule has 0 fully saturated rings. The van der Waals surface area contributed by atoms with Gasteiger partial charge in [-0.25, -0.2) is 4.98 Å². The number of nitrogens with zero attached hydrogens (tertiary/aromatic N) is 1. The average molecular weight is 269 g/mol. The van der Waals surface area contributed by atoms with Crippen molar-refractivity contribution in [2.45, 2.75) is 6.92 Å². The molecule has 0 spiro atoms. The molecule has 2 rings (SSSR count). The third-order valence-corrected chi connectivity index (χ3v) is 3.06. The fourth-order valence-corrected chi connectivity index (χ4v) is 2.21. The quantitative estimate of drug-likeness (QED) is 0.892. The van der Waals surface area contributed by atoms with Crippen LogP contribution in [0, 0.1) is 6.92 Å². The van der Waals surface area contributed by atoms with E-state index in [9.17, 15) is 0 Å². The van der Waals surface area contributed by atoms with Gasteiger partial charge in [-0.15, -0.1) is 11.3 Å². The summed E-state index contributed by atoms with van der Waals surface area (Å²) in [4.78, 5) is 4.33. The topological polar surface area (TPSA) is 24.9 Å². The number of nitrogens with one attached hydrogen (secondary N) is 1. The zero-order valence-electron chi connectivity index (χ0n) is 7.62. The number of aromatic nitrogens is 1. The SMILES string of the molecule is Cc1csc(Nc2cccc(Br)c2)n1. The number of thiazole rings is 1. The lowest BCUT2D eigenvalue weighted by molar-refractivity contribution is 1.26. The largest absolute Gasteiger partial charge is 0.332 e. The van der Waals surface area contributed by atoms with E-state index < -0.39 is 0 Å². The summed E-state index contributed by atoms with van der Waals surface area (Å²) in [6.45, 7) is 1.99. The van der Waals surface area contributed by atoms with E-state index in [0.29, 0.717) is 0 Å². The van der Waals surface area contributed by atoms with Crippen LogP contribution in [0.2, 0.25) is 0 Å².